The lowest BCUT2D eigenvalue weighted by molar-refractivity contribution is -0.145. The maximum atomic E-state index is 12.2. The molecule has 0 fully saturated rings. The van der Waals surface area contributed by atoms with Crippen LogP contribution in [0.1, 0.15) is 77.9 Å². The van der Waals surface area contributed by atoms with Gasteiger partial charge in [0.2, 0.25) is 0 Å². The normalized spacial score (nSPS) is 10.6. The van der Waals surface area contributed by atoms with Gasteiger partial charge in [0, 0.05) is 110 Å². The Morgan fingerprint density at radius 1 is 0.426 bits per heavy atom. The minimum atomic E-state index is -0.675. The van der Waals surface area contributed by atoms with Gasteiger partial charge in [-0.2, -0.15) is 21.0 Å². The molecule has 0 spiro atoms. The van der Waals surface area contributed by atoms with E-state index in [1.807, 2.05) is 186 Å². The molecule has 496 valence electrons. The molecule has 9 aromatic carbocycles. The Bertz CT molecular complexity index is 5420. The molecule has 13 aromatic rings. The van der Waals surface area contributed by atoms with Crippen LogP contribution in [0.5, 0.6) is 0 Å². The van der Waals surface area contributed by atoms with Gasteiger partial charge in [-0.1, -0.05) is 109 Å². The Balaban J connectivity index is 0.000000146. The van der Waals surface area contributed by atoms with Gasteiger partial charge in [0.1, 0.15) is 4.75 Å². The molecule has 0 radical (unpaired) electrons. The molecule has 0 N–H and O–H groups in total. The zero-order chi connectivity index (χ0) is 71.4. The highest BCUT2D eigenvalue weighted by molar-refractivity contribution is 8.01. The number of nitrogens with zero attached hydrogens (tertiary/aromatic N) is 8. The van der Waals surface area contributed by atoms with Crippen molar-refractivity contribution < 1.29 is 38.1 Å². The number of methoxy groups -OCH3 is 2. The van der Waals surface area contributed by atoms with Crippen molar-refractivity contribution in [2.75, 3.05) is 27.4 Å². The summed E-state index contributed by atoms with van der Waals surface area (Å²) < 4.78 is 19.1. The highest BCUT2D eigenvalue weighted by atomic mass is 32.2. The van der Waals surface area contributed by atoms with Gasteiger partial charge in [-0.3, -0.25) is 34.3 Å². The third-order valence-electron chi connectivity index (χ3n) is 16.5. The summed E-state index contributed by atoms with van der Waals surface area (Å²) in [6.45, 7) is 8.14. The van der Waals surface area contributed by atoms with Crippen LogP contribution in [0, 0.1) is 45.3 Å². The number of hydrogen-bond acceptors (Lipinski definition) is 17. The molecule has 0 amide bonds. The van der Waals surface area contributed by atoms with Crippen LogP contribution in [0.2, 0.25) is 0 Å². The van der Waals surface area contributed by atoms with E-state index in [1.165, 1.54) is 26.0 Å². The maximum Gasteiger partial charge on any atom is 0.337 e. The molecule has 4 heterocycles. The van der Waals surface area contributed by atoms with Crippen molar-refractivity contribution in [2.45, 2.75) is 56.6 Å². The van der Waals surface area contributed by atoms with Gasteiger partial charge in [-0.05, 0) is 167 Å². The lowest BCUT2D eigenvalue weighted by Gasteiger charge is -2.22. The summed E-state index contributed by atoms with van der Waals surface area (Å²) >= 11 is 1.48. The SMILES string of the molecule is CCOC(=O)C(C)(C)Sc1ccc2cncc(-c3ccc(C#N)cc3)c2c1.CCOC(=O)CCc1ccc2cncc(-c3ccc(C#N)cc3)c2c1.COC(=O)Cc1ccc2cncc(-c3ccc(C#N)c4ccccc34)c2c1.COC(=O)c1ccc2cncc(-c3ccc(C#N)cc3)c2c1. The highest BCUT2D eigenvalue weighted by Gasteiger charge is 2.31. The number of carbonyl (C=O) groups is 4. The van der Waals surface area contributed by atoms with Gasteiger partial charge in [-0.25, -0.2) is 4.79 Å². The zero-order valence-electron chi connectivity index (χ0n) is 56.2. The van der Waals surface area contributed by atoms with Crippen LogP contribution in [0.15, 0.2) is 236 Å². The van der Waals surface area contributed by atoms with Crippen LogP contribution in [0.25, 0.3) is 98.4 Å². The number of aryl methyl sites for hydroxylation is 1. The predicted molar refractivity (Wildman–Crippen MR) is 394 cm³/mol. The van der Waals surface area contributed by atoms with E-state index >= 15 is 0 Å². The first-order valence-corrected chi connectivity index (χ1v) is 33.0. The van der Waals surface area contributed by atoms with E-state index in [0.29, 0.717) is 53.9 Å². The molecule has 0 bridgehead atoms. The summed E-state index contributed by atoms with van der Waals surface area (Å²) in [6.07, 6.45) is 15.7. The van der Waals surface area contributed by atoms with Crippen molar-refractivity contribution in [1.82, 2.24) is 19.9 Å². The quantitative estimate of drug-likeness (QED) is 0.0525. The molecule has 17 heteroatoms. The Kier molecular flexibility index (Phi) is 23.4. The number of hydrogen-bond donors (Lipinski definition) is 0. The molecule has 0 atom stereocenters. The number of ether oxygens (including phenoxy) is 4. The average Bonchev–Trinajstić information content (AvgIpc) is 0.788. The first-order chi connectivity index (χ1) is 49.1. The van der Waals surface area contributed by atoms with Gasteiger partial charge in [-0.15, -0.1) is 11.8 Å². The molecule has 0 unspecified atom stereocenters. The summed E-state index contributed by atoms with van der Waals surface area (Å²) in [7, 11) is 2.75. The third-order valence-corrected chi connectivity index (χ3v) is 17.7. The number of aromatic nitrogens is 4. The number of benzene rings is 9. The van der Waals surface area contributed by atoms with E-state index < -0.39 is 4.75 Å². The molecular weight excluding hydrogens is 1280 g/mol. The fourth-order valence-electron chi connectivity index (χ4n) is 11.4. The van der Waals surface area contributed by atoms with Crippen molar-refractivity contribution in [3.05, 3.63) is 271 Å². The smallest absolute Gasteiger partial charge is 0.337 e. The Morgan fingerprint density at radius 3 is 1.38 bits per heavy atom. The fourth-order valence-corrected chi connectivity index (χ4v) is 12.4. The van der Waals surface area contributed by atoms with Crippen molar-refractivity contribution in [3.8, 4) is 68.8 Å². The lowest BCUT2D eigenvalue weighted by Crippen LogP contribution is -2.29. The van der Waals surface area contributed by atoms with Gasteiger partial charge >= 0.3 is 23.9 Å². The molecule has 4 aromatic heterocycles. The summed E-state index contributed by atoms with van der Waals surface area (Å²) in [6, 6.07) is 66.0. The fraction of sp³-hybridized carbons (Fsp3) is 0.143. The van der Waals surface area contributed by atoms with Crippen LogP contribution in [-0.4, -0.2) is 76.0 Å². The zero-order valence-corrected chi connectivity index (χ0v) is 57.0. The second-order valence-corrected chi connectivity index (χ2v) is 25.1. The Morgan fingerprint density at radius 2 is 0.881 bits per heavy atom. The van der Waals surface area contributed by atoms with Crippen molar-refractivity contribution in [3.63, 3.8) is 0 Å². The van der Waals surface area contributed by atoms with Crippen molar-refractivity contribution in [2.24, 2.45) is 0 Å². The Hall–Kier alpha value is -12.9. The van der Waals surface area contributed by atoms with Crippen LogP contribution >= 0.6 is 11.8 Å². The summed E-state index contributed by atoms with van der Waals surface area (Å²) in [5.74, 6) is -1.04. The topological polar surface area (TPSA) is 252 Å². The molecule has 0 aliphatic rings. The summed E-state index contributed by atoms with van der Waals surface area (Å²) in [5.41, 5.74) is 12.8. The average molecular weight is 1350 g/mol. The van der Waals surface area contributed by atoms with E-state index in [-0.39, 0.29) is 30.3 Å². The number of nitriles is 4. The molecule has 0 saturated carbocycles. The van der Waals surface area contributed by atoms with E-state index in [9.17, 15) is 24.4 Å². The standard InChI is InChI=1S/C23H16N2O2.C22H20N2O2S.C21H18N2O2.C18H12N2O2/c1-27-23(26)11-15-6-7-17-13-25-14-22(21(17)10-15)20-9-8-16(12-24)18-4-2-3-5-19(18)20;1-4-26-21(25)22(2,3)27-18-10-9-17-13-24-14-20(19(17)11-18)16-7-5-15(12-23)6-8-16;1-2-25-21(24)10-6-15-3-9-18-13-23-14-20(19(18)11-15)17-7-4-16(12-22)5-8-17;1-22-18(21)14-6-7-15-10-20-11-17(16(15)8-14)13-4-2-12(9-19)3-5-13/h2-10,13-14H,11H2,1H3;5-11,13-14H,4H2,1-3H3;3-5,7-9,11,13-14H,2,6,10H2,1H3;2-8,10-11H,1H3. The van der Waals surface area contributed by atoms with Gasteiger partial charge < -0.3 is 18.9 Å². The van der Waals surface area contributed by atoms with E-state index in [0.717, 1.165) is 114 Å². The number of carbonyl (C=O) groups excluding carboxylic acids is 4. The minimum absolute atomic E-state index is 0.176. The van der Waals surface area contributed by atoms with Gasteiger partial charge in [0.25, 0.3) is 0 Å². The first-order valence-electron chi connectivity index (χ1n) is 32.2. The van der Waals surface area contributed by atoms with Crippen LogP contribution in [-0.2, 0) is 46.2 Å². The number of pyridine rings is 4. The summed E-state index contributed by atoms with van der Waals surface area (Å²) in [4.78, 5) is 65.4. The maximum absolute atomic E-state index is 12.2. The van der Waals surface area contributed by atoms with Crippen LogP contribution in [0.3, 0.4) is 0 Å². The third kappa shape index (κ3) is 17.3. The Labute approximate surface area is 588 Å². The van der Waals surface area contributed by atoms with Crippen LogP contribution in [0.4, 0.5) is 0 Å². The summed E-state index contributed by atoms with van der Waals surface area (Å²) in [5, 5.41) is 46.2. The minimum Gasteiger partial charge on any atom is -0.469 e. The molecular formula is C84H66N8O8S. The monoisotopic (exact) mass is 1350 g/mol. The molecule has 0 aliphatic carbocycles. The lowest BCUT2D eigenvalue weighted by atomic mass is 9.93. The van der Waals surface area contributed by atoms with Crippen molar-refractivity contribution >= 4 is 89.5 Å². The van der Waals surface area contributed by atoms with E-state index in [1.54, 1.807) is 60.9 Å². The van der Waals surface area contributed by atoms with Gasteiger partial charge in [0.15, 0.2) is 0 Å². The number of fused-ring (bicyclic) bond motifs is 5. The largest absolute Gasteiger partial charge is 0.469 e. The molecule has 16 nitrogen and oxygen atoms in total. The predicted octanol–water partition coefficient (Wildman–Crippen LogP) is 17.7. The van der Waals surface area contributed by atoms with Crippen LogP contribution < -0.4 is 0 Å². The second-order valence-electron chi connectivity index (χ2n) is 23.4. The van der Waals surface area contributed by atoms with Crippen molar-refractivity contribution in [1.29, 1.82) is 21.0 Å². The van der Waals surface area contributed by atoms with E-state index in [4.69, 9.17) is 34.7 Å². The first kappa shape index (κ1) is 70.9. The molecule has 0 saturated heterocycles. The number of rotatable bonds is 15. The van der Waals surface area contributed by atoms with Gasteiger partial charge in [0.05, 0.1) is 85.9 Å². The highest BCUT2D eigenvalue weighted by Crippen LogP contribution is 2.39. The molecule has 13 rings (SSSR count). The molecule has 101 heavy (non-hydrogen) atoms. The second kappa shape index (κ2) is 33.4. The number of thioether (sulfide) groups is 1. The number of esters is 4. The van der Waals surface area contributed by atoms with E-state index in [2.05, 4.69) is 56.3 Å². The molecule has 0 aliphatic heterocycles.